The van der Waals surface area contributed by atoms with Crippen molar-refractivity contribution < 1.29 is 9.59 Å². The summed E-state index contributed by atoms with van der Waals surface area (Å²) >= 11 is 4.46. The van der Waals surface area contributed by atoms with Gasteiger partial charge < -0.3 is 9.80 Å². The minimum atomic E-state index is -0.157. The molecule has 3 heterocycles. The van der Waals surface area contributed by atoms with Crippen LogP contribution >= 0.6 is 34.9 Å². The molecule has 2 aliphatic rings. The van der Waals surface area contributed by atoms with Gasteiger partial charge in [0.1, 0.15) is 0 Å². The molecule has 2 atom stereocenters. The Bertz CT molecular complexity index is 614. The van der Waals surface area contributed by atoms with Gasteiger partial charge in [-0.25, -0.2) is 0 Å². The third-order valence-corrected chi connectivity index (χ3v) is 8.74. The van der Waals surface area contributed by atoms with E-state index in [1.54, 1.807) is 0 Å². The Morgan fingerprint density at radius 1 is 0.724 bits per heavy atom. The van der Waals surface area contributed by atoms with E-state index in [1.165, 1.54) is 60.5 Å². The first kappa shape index (κ1) is 22.9. The second-order valence-electron chi connectivity index (χ2n) is 7.83. The highest BCUT2D eigenvalue weighted by Gasteiger charge is 2.26. The van der Waals surface area contributed by atoms with Crippen molar-refractivity contribution in [2.24, 2.45) is 0 Å². The molecule has 0 aliphatic carbocycles. The lowest BCUT2D eigenvalue weighted by Crippen LogP contribution is -2.37. The lowest BCUT2D eigenvalue weighted by Gasteiger charge is -2.23. The van der Waals surface area contributed by atoms with Crippen LogP contribution in [0.5, 0.6) is 0 Å². The maximum absolute atomic E-state index is 12.7. The Hall–Kier alpha value is -0.800. The Morgan fingerprint density at radius 2 is 1.07 bits per heavy atom. The number of rotatable bonds is 6. The maximum atomic E-state index is 12.7. The average Bonchev–Trinajstić information content (AvgIpc) is 2.94. The minimum Gasteiger partial charge on any atom is -0.342 e. The average molecular weight is 457 g/mol. The molecule has 162 valence electrons. The largest absolute Gasteiger partial charge is 0.342 e. The number of amides is 2. The van der Waals surface area contributed by atoms with Crippen LogP contribution in [-0.4, -0.2) is 68.5 Å². The highest BCUT2D eigenvalue weighted by Crippen LogP contribution is 2.34. The van der Waals surface area contributed by atoms with Gasteiger partial charge in [-0.1, -0.05) is 60.5 Å². The van der Waals surface area contributed by atoms with Crippen LogP contribution in [0.1, 0.15) is 65.2 Å². The lowest BCUT2D eigenvalue weighted by atomic mass is 10.2. The van der Waals surface area contributed by atoms with E-state index < -0.39 is 0 Å². The number of carbonyl (C=O) groups excluding carboxylic acids is 2. The molecule has 29 heavy (non-hydrogen) atoms. The van der Waals surface area contributed by atoms with Gasteiger partial charge in [-0.3, -0.25) is 9.59 Å². The van der Waals surface area contributed by atoms with Crippen molar-refractivity contribution >= 4 is 46.7 Å². The molecule has 1 aromatic heterocycles. The molecular weight excluding hydrogens is 424 g/mol. The summed E-state index contributed by atoms with van der Waals surface area (Å²) in [7, 11) is 0. The fourth-order valence-corrected chi connectivity index (χ4v) is 7.27. The summed E-state index contributed by atoms with van der Waals surface area (Å²) in [4.78, 5) is 29.5. The summed E-state index contributed by atoms with van der Waals surface area (Å²) in [6.07, 6.45) is 9.29. The third-order valence-electron chi connectivity index (χ3n) is 5.47. The standard InChI is InChI=1S/C20H32N4O2S3/c1-15(17(25)23-11-7-3-4-8-12-23)27-19-21-22-20(29-19)28-16(2)18(26)24-13-9-5-6-10-14-24/h15-16H,3-14H2,1-2H3. The van der Waals surface area contributed by atoms with Crippen LogP contribution in [0.3, 0.4) is 0 Å². The van der Waals surface area contributed by atoms with E-state index in [-0.39, 0.29) is 22.3 Å². The number of hydrogen-bond donors (Lipinski definition) is 0. The highest BCUT2D eigenvalue weighted by molar-refractivity contribution is 8.04. The maximum Gasteiger partial charge on any atom is 0.235 e. The van der Waals surface area contributed by atoms with E-state index in [0.29, 0.717) is 0 Å². The first-order valence-electron chi connectivity index (χ1n) is 10.8. The lowest BCUT2D eigenvalue weighted by molar-refractivity contribution is -0.131. The molecule has 0 aromatic carbocycles. The molecule has 1 aromatic rings. The van der Waals surface area contributed by atoms with Crippen LogP contribution in [-0.2, 0) is 9.59 Å². The van der Waals surface area contributed by atoms with Crippen molar-refractivity contribution in [3.05, 3.63) is 0 Å². The van der Waals surface area contributed by atoms with Crippen molar-refractivity contribution in [2.75, 3.05) is 26.2 Å². The van der Waals surface area contributed by atoms with Crippen LogP contribution in [0.25, 0.3) is 0 Å². The number of nitrogens with zero attached hydrogens (tertiary/aromatic N) is 4. The molecule has 9 heteroatoms. The van der Waals surface area contributed by atoms with Crippen LogP contribution in [0.2, 0.25) is 0 Å². The minimum absolute atomic E-state index is 0.157. The van der Waals surface area contributed by atoms with Gasteiger partial charge in [-0.2, -0.15) is 0 Å². The van der Waals surface area contributed by atoms with Crippen LogP contribution < -0.4 is 0 Å². The topological polar surface area (TPSA) is 66.4 Å². The molecule has 2 unspecified atom stereocenters. The number of hydrogen-bond acceptors (Lipinski definition) is 7. The first-order valence-corrected chi connectivity index (χ1v) is 13.4. The Balaban J connectivity index is 1.50. The Morgan fingerprint density at radius 3 is 1.41 bits per heavy atom. The summed E-state index contributed by atoms with van der Waals surface area (Å²) in [5, 5.41) is 8.20. The molecule has 0 spiro atoms. The Kier molecular flexibility index (Phi) is 9.11. The van der Waals surface area contributed by atoms with Gasteiger partial charge in [0.2, 0.25) is 11.8 Å². The quantitative estimate of drug-likeness (QED) is 0.595. The summed E-state index contributed by atoms with van der Waals surface area (Å²) in [5.41, 5.74) is 0. The van der Waals surface area contributed by atoms with Gasteiger partial charge in [-0.15, -0.1) is 10.2 Å². The molecule has 0 saturated carbocycles. The summed E-state index contributed by atoms with van der Waals surface area (Å²) in [6.45, 7) is 7.40. The van der Waals surface area contributed by atoms with Crippen molar-refractivity contribution in [1.82, 2.24) is 20.0 Å². The SMILES string of the molecule is CC(Sc1nnc(SC(C)C(=O)N2CCCCCC2)s1)C(=O)N1CCCCCC1. The monoisotopic (exact) mass is 456 g/mol. The summed E-state index contributed by atoms with van der Waals surface area (Å²) in [5.74, 6) is 0.400. The van der Waals surface area contributed by atoms with Crippen molar-refractivity contribution in [3.8, 4) is 0 Å². The van der Waals surface area contributed by atoms with Gasteiger partial charge in [0.25, 0.3) is 0 Å². The number of thioether (sulfide) groups is 2. The van der Waals surface area contributed by atoms with Gasteiger partial charge in [-0.05, 0) is 39.5 Å². The predicted octanol–water partition coefficient (Wildman–Crippen LogP) is 4.30. The highest BCUT2D eigenvalue weighted by atomic mass is 32.2. The number of carbonyl (C=O) groups is 2. The molecule has 0 radical (unpaired) electrons. The molecular formula is C20H32N4O2S3. The molecule has 2 aliphatic heterocycles. The molecule has 2 fully saturated rings. The van der Waals surface area contributed by atoms with Crippen molar-refractivity contribution in [3.63, 3.8) is 0 Å². The third kappa shape index (κ3) is 6.85. The molecule has 2 amide bonds. The van der Waals surface area contributed by atoms with Gasteiger partial charge in [0.15, 0.2) is 8.68 Å². The summed E-state index contributed by atoms with van der Waals surface area (Å²) in [6, 6.07) is 0. The molecule has 0 N–H and O–H groups in total. The zero-order valence-electron chi connectivity index (χ0n) is 17.5. The zero-order chi connectivity index (χ0) is 20.6. The fraction of sp³-hybridized carbons (Fsp3) is 0.800. The van der Waals surface area contributed by atoms with E-state index >= 15 is 0 Å². The molecule has 2 saturated heterocycles. The normalized spacial score (nSPS) is 20.6. The van der Waals surface area contributed by atoms with E-state index in [9.17, 15) is 9.59 Å². The van der Waals surface area contributed by atoms with Crippen LogP contribution in [0, 0.1) is 0 Å². The van der Waals surface area contributed by atoms with Gasteiger partial charge >= 0.3 is 0 Å². The smallest absolute Gasteiger partial charge is 0.235 e. The Labute approximate surface area is 186 Å². The van der Waals surface area contributed by atoms with E-state index in [4.69, 9.17) is 0 Å². The van der Waals surface area contributed by atoms with E-state index in [1.807, 2.05) is 23.6 Å². The van der Waals surface area contributed by atoms with Crippen LogP contribution in [0.4, 0.5) is 0 Å². The fourth-order valence-electron chi connectivity index (χ4n) is 3.79. The zero-order valence-corrected chi connectivity index (χ0v) is 19.9. The molecule has 0 bridgehead atoms. The second-order valence-corrected chi connectivity index (χ2v) is 12.0. The molecule has 6 nitrogen and oxygen atoms in total. The number of aromatic nitrogens is 2. The van der Waals surface area contributed by atoms with Crippen LogP contribution in [0.15, 0.2) is 8.68 Å². The first-order chi connectivity index (χ1) is 14.0. The van der Waals surface area contributed by atoms with E-state index in [2.05, 4.69) is 10.2 Å². The second kappa shape index (κ2) is 11.6. The predicted molar refractivity (Wildman–Crippen MR) is 121 cm³/mol. The summed E-state index contributed by atoms with van der Waals surface area (Å²) < 4.78 is 1.61. The van der Waals surface area contributed by atoms with E-state index in [0.717, 1.165) is 60.5 Å². The van der Waals surface area contributed by atoms with Crippen molar-refractivity contribution in [2.45, 2.75) is 84.4 Å². The van der Waals surface area contributed by atoms with Crippen molar-refractivity contribution in [1.29, 1.82) is 0 Å². The number of likely N-dealkylation sites (tertiary alicyclic amines) is 2. The van der Waals surface area contributed by atoms with Gasteiger partial charge in [0, 0.05) is 26.2 Å². The van der Waals surface area contributed by atoms with Gasteiger partial charge in [0.05, 0.1) is 10.5 Å². The molecule has 3 rings (SSSR count).